The predicted octanol–water partition coefficient (Wildman–Crippen LogP) is 2.68. The van der Waals surface area contributed by atoms with E-state index in [-0.39, 0.29) is 5.92 Å². The van der Waals surface area contributed by atoms with Crippen LogP contribution in [0.4, 0.5) is 8.78 Å². The first-order valence-corrected chi connectivity index (χ1v) is 5.12. The first-order chi connectivity index (χ1) is 6.51. The van der Waals surface area contributed by atoms with Crippen LogP contribution in [-0.2, 0) is 4.79 Å². The van der Waals surface area contributed by atoms with E-state index < -0.39 is 23.7 Å². The number of rotatable bonds is 2. The van der Waals surface area contributed by atoms with Gasteiger partial charge in [0, 0.05) is 6.42 Å². The average Bonchev–Trinajstić information content (AvgIpc) is 2.72. The lowest BCUT2D eigenvalue weighted by molar-refractivity contribution is -0.151. The summed E-state index contributed by atoms with van der Waals surface area (Å²) in [7, 11) is 0. The van der Waals surface area contributed by atoms with Crippen LogP contribution in [0, 0.1) is 11.3 Å². The van der Waals surface area contributed by atoms with E-state index in [4.69, 9.17) is 5.11 Å². The SMILES string of the molecule is O=C(O)C1(C2CCCCC2)CC1(F)F. The van der Waals surface area contributed by atoms with Crippen LogP contribution in [0.3, 0.4) is 0 Å². The minimum Gasteiger partial charge on any atom is -0.481 e. The number of hydrogen-bond donors (Lipinski definition) is 1. The minimum absolute atomic E-state index is 0.302. The molecule has 0 radical (unpaired) electrons. The molecule has 0 aliphatic heterocycles. The second-order valence-corrected chi connectivity index (χ2v) is 4.49. The fourth-order valence-electron chi connectivity index (χ4n) is 2.75. The molecule has 2 saturated carbocycles. The summed E-state index contributed by atoms with van der Waals surface area (Å²) < 4.78 is 26.2. The molecule has 1 N–H and O–H groups in total. The van der Waals surface area contributed by atoms with Crippen LogP contribution in [0.25, 0.3) is 0 Å². The van der Waals surface area contributed by atoms with Crippen molar-refractivity contribution in [3.63, 3.8) is 0 Å². The van der Waals surface area contributed by atoms with Crippen LogP contribution in [0.2, 0.25) is 0 Å². The molecular weight excluding hydrogens is 190 g/mol. The summed E-state index contributed by atoms with van der Waals surface area (Å²) in [5, 5.41) is 8.91. The van der Waals surface area contributed by atoms with Gasteiger partial charge in [0.25, 0.3) is 5.92 Å². The standard InChI is InChI=1S/C10H14F2O2/c11-10(12)6-9(10,8(13)14)7-4-2-1-3-5-7/h7H,1-6H2,(H,13,14). The van der Waals surface area contributed by atoms with E-state index >= 15 is 0 Å². The zero-order valence-electron chi connectivity index (χ0n) is 7.93. The van der Waals surface area contributed by atoms with Crippen LogP contribution in [0.1, 0.15) is 38.5 Å². The van der Waals surface area contributed by atoms with Crippen molar-refractivity contribution in [1.29, 1.82) is 0 Å². The van der Waals surface area contributed by atoms with Gasteiger partial charge in [0.1, 0.15) is 5.41 Å². The molecule has 0 aromatic carbocycles. The molecule has 0 bridgehead atoms. The van der Waals surface area contributed by atoms with Crippen molar-refractivity contribution in [1.82, 2.24) is 0 Å². The van der Waals surface area contributed by atoms with E-state index in [1.807, 2.05) is 0 Å². The van der Waals surface area contributed by atoms with Crippen molar-refractivity contribution in [3.05, 3.63) is 0 Å². The molecular formula is C10H14F2O2. The minimum atomic E-state index is -2.96. The lowest BCUT2D eigenvalue weighted by Gasteiger charge is -2.27. The molecule has 2 fully saturated rings. The number of carbonyl (C=O) groups is 1. The molecule has 0 saturated heterocycles. The highest BCUT2D eigenvalue weighted by molar-refractivity contribution is 5.80. The molecule has 0 spiro atoms. The number of alkyl halides is 2. The molecule has 1 atom stereocenters. The molecule has 14 heavy (non-hydrogen) atoms. The smallest absolute Gasteiger partial charge is 0.316 e. The molecule has 0 aromatic heterocycles. The molecule has 2 aliphatic carbocycles. The molecule has 4 heteroatoms. The van der Waals surface area contributed by atoms with Crippen molar-refractivity contribution in [3.8, 4) is 0 Å². The van der Waals surface area contributed by atoms with E-state index in [2.05, 4.69) is 0 Å². The summed E-state index contributed by atoms with van der Waals surface area (Å²) in [5.74, 6) is -4.56. The van der Waals surface area contributed by atoms with Gasteiger partial charge >= 0.3 is 5.97 Å². The van der Waals surface area contributed by atoms with Gasteiger partial charge in [-0.15, -0.1) is 0 Å². The molecule has 1 unspecified atom stereocenters. The van der Waals surface area contributed by atoms with Crippen molar-refractivity contribution in [2.45, 2.75) is 44.4 Å². The van der Waals surface area contributed by atoms with Crippen LogP contribution in [0.15, 0.2) is 0 Å². The number of halogens is 2. The highest BCUT2D eigenvalue weighted by Gasteiger charge is 2.78. The van der Waals surface area contributed by atoms with Gasteiger partial charge in [0.15, 0.2) is 0 Å². The molecule has 0 aromatic rings. The highest BCUT2D eigenvalue weighted by atomic mass is 19.3. The fraction of sp³-hybridized carbons (Fsp3) is 0.900. The number of carboxylic acids is 1. The summed E-state index contributed by atoms with van der Waals surface area (Å²) in [6, 6.07) is 0. The zero-order chi connectivity index (χ0) is 10.4. The summed E-state index contributed by atoms with van der Waals surface area (Å²) >= 11 is 0. The maximum Gasteiger partial charge on any atom is 0.316 e. The Morgan fingerprint density at radius 3 is 2.07 bits per heavy atom. The van der Waals surface area contributed by atoms with Gasteiger partial charge in [0.2, 0.25) is 0 Å². The van der Waals surface area contributed by atoms with Gasteiger partial charge in [-0.2, -0.15) is 0 Å². The normalized spacial score (nSPS) is 36.7. The number of aliphatic carboxylic acids is 1. The first-order valence-electron chi connectivity index (χ1n) is 5.12. The highest BCUT2D eigenvalue weighted by Crippen LogP contribution is 2.67. The second-order valence-electron chi connectivity index (χ2n) is 4.49. The fourth-order valence-corrected chi connectivity index (χ4v) is 2.75. The van der Waals surface area contributed by atoms with Crippen LogP contribution in [0.5, 0.6) is 0 Å². The van der Waals surface area contributed by atoms with E-state index in [1.165, 1.54) is 0 Å². The van der Waals surface area contributed by atoms with Gasteiger partial charge in [-0.05, 0) is 18.8 Å². The Morgan fingerprint density at radius 1 is 1.21 bits per heavy atom. The Balaban J connectivity index is 2.17. The third-order valence-electron chi connectivity index (χ3n) is 3.71. The van der Waals surface area contributed by atoms with Gasteiger partial charge in [-0.1, -0.05) is 19.3 Å². The van der Waals surface area contributed by atoms with Crippen LogP contribution < -0.4 is 0 Å². The molecule has 80 valence electrons. The van der Waals surface area contributed by atoms with Crippen LogP contribution >= 0.6 is 0 Å². The van der Waals surface area contributed by atoms with Gasteiger partial charge in [-0.3, -0.25) is 4.79 Å². The van der Waals surface area contributed by atoms with Gasteiger partial charge in [-0.25, -0.2) is 8.78 Å². The second kappa shape index (κ2) is 2.91. The Kier molecular flexibility index (Phi) is 2.05. The van der Waals surface area contributed by atoms with E-state index in [0.29, 0.717) is 12.8 Å². The maximum absolute atomic E-state index is 13.1. The third-order valence-corrected chi connectivity index (χ3v) is 3.71. The largest absolute Gasteiger partial charge is 0.481 e. The lowest BCUT2D eigenvalue weighted by atomic mass is 9.77. The van der Waals surface area contributed by atoms with Crippen molar-refractivity contribution in [2.75, 3.05) is 0 Å². The van der Waals surface area contributed by atoms with Gasteiger partial charge in [0.05, 0.1) is 0 Å². The van der Waals surface area contributed by atoms with Crippen molar-refractivity contribution in [2.24, 2.45) is 11.3 Å². The maximum atomic E-state index is 13.1. The molecule has 2 nitrogen and oxygen atoms in total. The number of hydrogen-bond acceptors (Lipinski definition) is 1. The van der Waals surface area contributed by atoms with E-state index in [1.54, 1.807) is 0 Å². The molecule has 0 amide bonds. The molecule has 2 aliphatic rings. The first kappa shape index (κ1) is 9.87. The number of carboxylic acid groups (broad SMARTS) is 1. The van der Waals surface area contributed by atoms with Gasteiger partial charge < -0.3 is 5.11 Å². The summed E-state index contributed by atoms with van der Waals surface area (Å²) in [6.45, 7) is 0. The Morgan fingerprint density at radius 2 is 1.71 bits per heavy atom. The quantitative estimate of drug-likeness (QED) is 0.750. The average molecular weight is 204 g/mol. The van der Waals surface area contributed by atoms with E-state index in [0.717, 1.165) is 19.3 Å². The van der Waals surface area contributed by atoms with E-state index in [9.17, 15) is 13.6 Å². The van der Waals surface area contributed by atoms with Crippen molar-refractivity contribution >= 4 is 5.97 Å². The zero-order valence-corrected chi connectivity index (χ0v) is 7.93. The summed E-state index contributed by atoms with van der Waals surface area (Å²) in [5.41, 5.74) is -1.70. The summed E-state index contributed by atoms with van der Waals surface area (Å²) in [6.07, 6.45) is 3.72. The Labute approximate surface area is 81.3 Å². The van der Waals surface area contributed by atoms with Crippen LogP contribution in [-0.4, -0.2) is 17.0 Å². The molecule has 2 rings (SSSR count). The Bertz CT molecular complexity index is 259. The summed E-state index contributed by atoms with van der Waals surface area (Å²) in [4.78, 5) is 10.9. The third kappa shape index (κ3) is 1.16. The monoisotopic (exact) mass is 204 g/mol. The van der Waals surface area contributed by atoms with Crippen molar-refractivity contribution < 1.29 is 18.7 Å². The topological polar surface area (TPSA) is 37.3 Å². The predicted molar refractivity (Wildman–Crippen MR) is 46.2 cm³/mol. The Hall–Kier alpha value is -0.670. The molecule has 0 heterocycles. The lowest BCUT2D eigenvalue weighted by Crippen LogP contribution is -2.32.